The van der Waals surface area contributed by atoms with E-state index in [0.717, 1.165) is 28.7 Å². The molecule has 94 valence electrons. The first-order valence-corrected chi connectivity index (χ1v) is 6.85. The van der Waals surface area contributed by atoms with Crippen LogP contribution in [0.15, 0.2) is 12.1 Å². The standard InChI is InChI=1S/C14H18N4/c1-8-2-7-11-13(16-8)18(14(15)17-11)12(9-3-4-9)10-5-6-10/h2,7,9-10,12H,3-6H2,1H3,(H2,15,17). The number of anilines is 1. The van der Waals surface area contributed by atoms with Crippen LogP contribution in [0.5, 0.6) is 0 Å². The Morgan fingerprint density at radius 2 is 1.83 bits per heavy atom. The Balaban J connectivity index is 1.91. The van der Waals surface area contributed by atoms with Gasteiger partial charge in [-0.1, -0.05) is 0 Å². The summed E-state index contributed by atoms with van der Waals surface area (Å²) in [5.41, 5.74) is 9.10. The Morgan fingerprint density at radius 1 is 1.17 bits per heavy atom. The fourth-order valence-corrected chi connectivity index (χ4v) is 3.06. The first-order valence-electron chi connectivity index (χ1n) is 6.85. The zero-order valence-corrected chi connectivity index (χ0v) is 10.6. The molecule has 4 rings (SSSR count). The van der Waals surface area contributed by atoms with Crippen molar-refractivity contribution >= 4 is 17.1 Å². The van der Waals surface area contributed by atoms with E-state index in [1.165, 1.54) is 25.7 Å². The molecule has 18 heavy (non-hydrogen) atoms. The highest BCUT2D eigenvalue weighted by atomic mass is 15.2. The van der Waals surface area contributed by atoms with Crippen molar-refractivity contribution in [2.75, 3.05) is 5.73 Å². The first-order chi connectivity index (χ1) is 8.74. The third-order valence-corrected chi connectivity index (χ3v) is 4.21. The lowest BCUT2D eigenvalue weighted by molar-refractivity contribution is 0.407. The number of rotatable bonds is 3. The summed E-state index contributed by atoms with van der Waals surface area (Å²) in [6, 6.07) is 4.58. The van der Waals surface area contributed by atoms with Gasteiger partial charge in [-0.25, -0.2) is 9.97 Å². The van der Waals surface area contributed by atoms with E-state index in [0.29, 0.717) is 12.0 Å². The fraction of sp³-hybridized carbons (Fsp3) is 0.571. The summed E-state index contributed by atoms with van der Waals surface area (Å²) in [5.74, 6) is 2.26. The van der Waals surface area contributed by atoms with E-state index >= 15 is 0 Å². The van der Waals surface area contributed by atoms with Crippen LogP contribution in [0.1, 0.15) is 37.4 Å². The average molecular weight is 242 g/mol. The van der Waals surface area contributed by atoms with Gasteiger partial charge in [-0.15, -0.1) is 0 Å². The highest BCUT2D eigenvalue weighted by molar-refractivity contribution is 5.74. The molecule has 0 bridgehead atoms. The summed E-state index contributed by atoms with van der Waals surface area (Å²) < 4.78 is 2.22. The first kappa shape index (κ1) is 10.4. The number of nitrogens with zero attached hydrogens (tertiary/aromatic N) is 3. The number of hydrogen-bond donors (Lipinski definition) is 1. The van der Waals surface area contributed by atoms with Crippen molar-refractivity contribution in [1.29, 1.82) is 0 Å². The quantitative estimate of drug-likeness (QED) is 0.900. The van der Waals surface area contributed by atoms with Crippen LogP contribution >= 0.6 is 0 Å². The lowest BCUT2D eigenvalue weighted by Crippen LogP contribution is -2.16. The molecule has 2 heterocycles. The van der Waals surface area contributed by atoms with Crippen LogP contribution in [-0.4, -0.2) is 14.5 Å². The second kappa shape index (κ2) is 3.46. The summed E-state index contributed by atoms with van der Waals surface area (Å²) in [7, 11) is 0. The zero-order valence-electron chi connectivity index (χ0n) is 10.6. The van der Waals surface area contributed by atoms with Gasteiger partial charge in [0.2, 0.25) is 5.95 Å². The van der Waals surface area contributed by atoms with Crippen molar-refractivity contribution < 1.29 is 0 Å². The van der Waals surface area contributed by atoms with E-state index in [-0.39, 0.29) is 0 Å². The van der Waals surface area contributed by atoms with E-state index in [1.54, 1.807) is 0 Å². The number of nitrogens with two attached hydrogens (primary N) is 1. The van der Waals surface area contributed by atoms with E-state index in [2.05, 4.69) is 14.5 Å². The predicted molar refractivity (Wildman–Crippen MR) is 71.2 cm³/mol. The summed E-state index contributed by atoms with van der Waals surface area (Å²) in [6.45, 7) is 2.02. The number of nitrogen functional groups attached to an aromatic ring is 1. The smallest absolute Gasteiger partial charge is 0.202 e. The molecule has 0 atom stereocenters. The van der Waals surface area contributed by atoms with Gasteiger partial charge in [-0.2, -0.15) is 0 Å². The number of fused-ring (bicyclic) bond motifs is 1. The van der Waals surface area contributed by atoms with Crippen LogP contribution in [0.25, 0.3) is 11.2 Å². The van der Waals surface area contributed by atoms with Gasteiger partial charge in [0.15, 0.2) is 5.65 Å². The van der Waals surface area contributed by atoms with Crippen LogP contribution < -0.4 is 5.73 Å². The molecule has 2 N–H and O–H groups in total. The molecule has 0 radical (unpaired) electrons. The monoisotopic (exact) mass is 242 g/mol. The van der Waals surface area contributed by atoms with E-state index in [9.17, 15) is 0 Å². The summed E-state index contributed by atoms with van der Waals surface area (Å²) >= 11 is 0. The number of hydrogen-bond acceptors (Lipinski definition) is 3. The van der Waals surface area contributed by atoms with Gasteiger partial charge >= 0.3 is 0 Å². The number of imidazole rings is 1. The topological polar surface area (TPSA) is 56.7 Å². The lowest BCUT2D eigenvalue weighted by Gasteiger charge is -2.19. The maximum absolute atomic E-state index is 6.15. The van der Waals surface area contributed by atoms with Crippen LogP contribution in [-0.2, 0) is 0 Å². The van der Waals surface area contributed by atoms with Crippen LogP contribution in [0, 0.1) is 18.8 Å². The molecule has 4 nitrogen and oxygen atoms in total. The van der Waals surface area contributed by atoms with Gasteiger partial charge in [-0.05, 0) is 56.6 Å². The average Bonchev–Trinajstić information content (AvgIpc) is 3.22. The number of aromatic nitrogens is 3. The zero-order chi connectivity index (χ0) is 12.3. The number of aryl methyl sites for hydroxylation is 1. The van der Waals surface area contributed by atoms with Gasteiger partial charge in [0, 0.05) is 11.7 Å². The van der Waals surface area contributed by atoms with Crippen molar-refractivity contribution in [2.45, 2.75) is 38.6 Å². The molecule has 0 spiro atoms. The SMILES string of the molecule is Cc1ccc2nc(N)n(C(C3CC3)C3CC3)c2n1. The maximum Gasteiger partial charge on any atom is 0.202 e. The van der Waals surface area contributed by atoms with Gasteiger partial charge in [-0.3, -0.25) is 4.57 Å². The summed E-state index contributed by atoms with van der Waals surface area (Å²) in [6.07, 6.45) is 5.36. The summed E-state index contributed by atoms with van der Waals surface area (Å²) in [4.78, 5) is 9.13. The molecule has 0 amide bonds. The van der Waals surface area contributed by atoms with Crippen molar-refractivity contribution in [2.24, 2.45) is 11.8 Å². The van der Waals surface area contributed by atoms with Gasteiger partial charge in [0.25, 0.3) is 0 Å². The minimum absolute atomic E-state index is 0.546. The molecule has 2 aliphatic rings. The van der Waals surface area contributed by atoms with E-state index < -0.39 is 0 Å². The molecule has 2 saturated carbocycles. The minimum Gasteiger partial charge on any atom is -0.369 e. The molecule has 2 aromatic heterocycles. The Hall–Kier alpha value is -1.58. The van der Waals surface area contributed by atoms with Crippen molar-refractivity contribution in [3.8, 4) is 0 Å². The molecule has 2 fully saturated rings. The van der Waals surface area contributed by atoms with Crippen LogP contribution in [0.4, 0.5) is 5.95 Å². The third kappa shape index (κ3) is 1.51. The Morgan fingerprint density at radius 3 is 2.44 bits per heavy atom. The Labute approximate surface area is 106 Å². The van der Waals surface area contributed by atoms with E-state index in [1.807, 2.05) is 19.1 Å². The van der Waals surface area contributed by atoms with Gasteiger partial charge in [0.1, 0.15) is 5.52 Å². The van der Waals surface area contributed by atoms with Crippen LogP contribution in [0.2, 0.25) is 0 Å². The van der Waals surface area contributed by atoms with Gasteiger partial charge in [0.05, 0.1) is 0 Å². The summed E-state index contributed by atoms with van der Waals surface area (Å²) in [5, 5.41) is 0. The second-order valence-corrected chi connectivity index (χ2v) is 5.80. The Bertz CT molecular complexity index is 596. The maximum atomic E-state index is 6.15. The fourth-order valence-electron chi connectivity index (χ4n) is 3.06. The molecule has 0 aromatic carbocycles. The number of pyridine rings is 1. The second-order valence-electron chi connectivity index (χ2n) is 5.80. The van der Waals surface area contributed by atoms with Crippen LogP contribution in [0.3, 0.4) is 0 Å². The minimum atomic E-state index is 0.546. The molecular weight excluding hydrogens is 224 g/mol. The molecule has 0 saturated heterocycles. The van der Waals surface area contributed by atoms with Gasteiger partial charge < -0.3 is 5.73 Å². The normalized spacial score (nSPS) is 19.9. The molecule has 0 aliphatic heterocycles. The lowest BCUT2D eigenvalue weighted by atomic mass is 10.1. The molecule has 2 aliphatic carbocycles. The van der Waals surface area contributed by atoms with Crippen molar-refractivity contribution in [1.82, 2.24) is 14.5 Å². The Kier molecular flexibility index (Phi) is 1.99. The third-order valence-electron chi connectivity index (χ3n) is 4.21. The van der Waals surface area contributed by atoms with Crippen molar-refractivity contribution in [3.05, 3.63) is 17.8 Å². The highest BCUT2D eigenvalue weighted by Gasteiger charge is 2.44. The van der Waals surface area contributed by atoms with Crippen molar-refractivity contribution in [3.63, 3.8) is 0 Å². The molecule has 2 aromatic rings. The highest BCUT2D eigenvalue weighted by Crippen LogP contribution is 2.53. The van der Waals surface area contributed by atoms with E-state index in [4.69, 9.17) is 5.73 Å². The largest absolute Gasteiger partial charge is 0.369 e. The molecule has 4 heteroatoms. The predicted octanol–water partition coefficient (Wildman–Crippen LogP) is 2.68. The molecule has 0 unspecified atom stereocenters. The molecular formula is C14H18N4.